The third-order valence-corrected chi connectivity index (χ3v) is 4.93. The van der Waals surface area contributed by atoms with Crippen LogP contribution in [-0.2, 0) is 13.1 Å². The molecule has 0 amide bonds. The van der Waals surface area contributed by atoms with Crippen LogP contribution in [0.15, 0.2) is 97.3 Å². The minimum atomic E-state index is 0.705. The molecule has 0 atom stereocenters. The van der Waals surface area contributed by atoms with E-state index in [1.165, 1.54) is 11.1 Å². The number of rotatable bonds is 6. The molecule has 0 unspecified atom stereocenters. The lowest BCUT2D eigenvalue weighted by Gasteiger charge is -2.01. The molecular weight excluding hydrogens is 372 g/mol. The van der Waals surface area contributed by atoms with Crippen LogP contribution >= 0.6 is 0 Å². The number of hydrogen-bond donors (Lipinski definition) is 0. The molecule has 0 radical (unpaired) electrons. The van der Waals surface area contributed by atoms with Crippen molar-refractivity contribution in [3.63, 3.8) is 0 Å². The zero-order chi connectivity index (χ0) is 20.2. The van der Waals surface area contributed by atoms with Gasteiger partial charge in [0.2, 0.25) is 0 Å². The predicted molar refractivity (Wildman–Crippen MR) is 116 cm³/mol. The second-order valence-corrected chi connectivity index (χ2v) is 7.15. The van der Waals surface area contributed by atoms with Crippen LogP contribution in [0.25, 0.3) is 22.5 Å². The molecule has 0 aliphatic carbocycles. The van der Waals surface area contributed by atoms with Crippen LogP contribution in [0.2, 0.25) is 0 Å². The van der Waals surface area contributed by atoms with Gasteiger partial charge in [0.15, 0.2) is 0 Å². The number of nitrogens with zero attached hydrogens (tertiary/aromatic N) is 6. The fraction of sp³-hybridized carbons (Fsp3) is 0.0833. The van der Waals surface area contributed by atoms with Gasteiger partial charge in [-0.05, 0) is 11.1 Å². The Bertz CT molecular complexity index is 1120. The van der Waals surface area contributed by atoms with Crippen molar-refractivity contribution >= 4 is 0 Å². The van der Waals surface area contributed by atoms with E-state index in [1.807, 2.05) is 82.4 Å². The van der Waals surface area contributed by atoms with Crippen LogP contribution in [0.1, 0.15) is 11.1 Å². The summed E-state index contributed by atoms with van der Waals surface area (Å²) in [4.78, 5) is 0. The van der Waals surface area contributed by atoms with Crippen LogP contribution in [0.3, 0.4) is 0 Å². The molecule has 0 N–H and O–H groups in total. The van der Waals surface area contributed by atoms with E-state index in [4.69, 9.17) is 0 Å². The maximum atomic E-state index is 4.32. The molecule has 0 bridgehead atoms. The summed E-state index contributed by atoms with van der Waals surface area (Å²) in [5.74, 6) is 0. The molecule has 6 heteroatoms. The van der Waals surface area contributed by atoms with Crippen molar-refractivity contribution in [2.75, 3.05) is 0 Å². The predicted octanol–water partition coefficient (Wildman–Crippen LogP) is 4.30. The topological polar surface area (TPSA) is 61.4 Å². The van der Waals surface area contributed by atoms with Gasteiger partial charge in [0.25, 0.3) is 0 Å². The van der Waals surface area contributed by atoms with E-state index in [2.05, 4.69) is 44.9 Å². The molecule has 0 aliphatic heterocycles. The zero-order valence-corrected chi connectivity index (χ0v) is 16.3. The van der Waals surface area contributed by atoms with Gasteiger partial charge in [0, 0.05) is 11.1 Å². The van der Waals surface area contributed by atoms with Crippen LogP contribution < -0.4 is 0 Å². The molecule has 5 aromatic rings. The second-order valence-electron chi connectivity index (χ2n) is 7.15. The Labute approximate surface area is 174 Å². The number of aromatic nitrogens is 6. The van der Waals surface area contributed by atoms with E-state index in [-0.39, 0.29) is 0 Å². The highest BCUT2D eigenvalue weighted by atomic mass is 15.4. The molecule has 0 spiro atoms. The first-order valence-electron chi connectivity index (χ1n) is 9.82. The third-order valence-electron chi connectivity index (χ3n) is 4.93. The molecule has 0 saturated heterocycles. The van der Waals surface area contributed by atoms with Gasteiger partial charge in [0.1, 0.15) is 11.4 Å². The zero-order valence-electron chi connectivity index (χ0n) is 16.3. The quantitative estimate of drug-likeness (QED) is 0.432. The van der Waals surface area contributed by atoms with Gasteiger partial charge in [0.05, 0.1) is 25.5 Å². The second kappa shape index (κ2) is 8.13. The van der Waals surface area contributed by atoms with Gasteiger partial charge in [-0.15, -0.1) is 10.2 Å². The van der Waals surface area contributed by atoms with Crippen molar-refractivity contribution in [1.29, 1.82) is 0 Å². The van der Waals surface area contributed by atoms with Crippen LogP contribution in [0, 0.1) is 0 Å². The molecular formula is C24H20N6. The lowest BCUT2D eigenvalue weighted by atomic mass is 10.1. The van der Waals surface area contributed by atoms with Gasteiger partial charge in [-0.1, -0.05) is 95.4 Å². The Morgan fingerprint density at radius 2 is 0.900 bits per heavy atom. The molecule has 3 aromatic carbocycles. The maximum absolute atomic E-state index is 4.32. The largest absolute Gasteiger partial charge is 0.247 e. The van der Waals surface area contributed by atoms with E-state index >= 15 is 0 Å². The fourth-order valence-electron chi connectivity index (χ4n) is 3.37. The summed E-state index contributed by atoms with van der Waals surface area (Å²) in [5, 5.41) is 17.1. The van der Waals surface area contributed by atoms with Crippen molar-refractivity contribution in [3.05, 3.63) is 108 Å². The molecule has 6 nitrogen and oxygen atoms in total. The van der Waals surface area contributed by atoms with Crippen LogP contribution in [0.5, 0.6) is 0 Å². The van der Waals surface area contributed by atoms with Gasteiger partial charge in [-0.25, -0.2) is 9.36 Å². The minimum Gasteiger partial charge on any atom is -0.247 e. The van der Waals surface area contributed by atoms with E-state index < -0.39 is 0 Å². The standard InChI is InChI=1S/C24H20N6/c1-3-7-19(8-4-1)15-29-17-23(25-27-29)21-11-13-22(14-12-21)24-18-30(28-26-24)16-20-9-5-2-6-10-20/h1-14,17-18H,15-16H2. The van der Waals surface area contributed by atoms with Crippen molar-refractivity contribution in [2.24, 2.45) is 0 Å². The Morgan fingerprint density at radius 3 is 1.30 bits per heavy atom. The summed E-state index contributed by atoms with van der Waals surface area (Å²) in [5.41, 5.74) is 6.14. The first-order valence-corrected chi connectivity index (χ1v) is 9.82. The molecule has 2 heterocycles. The lowest BCUT2D eigenvalue weighted by molar-refractivity contribution is 0.650. The first-order chi connectivity index (χ1) is 14.8. The highest BCUT2D eigenvalue weighted by Gasteiger charge is 2.08. The van der Waals surface area contributed by atoms with Crippen molar-refractivity contribution in [1.82, 2.24) is 30.0 Å². The lowest BCUT2D eigenvalue weighted by Crippen LogP contribution is -1.99. The SMILES string of the molecule is c1ccc(Cn2cc(-c3ccc(-c4cn(Cc5ccccc5)nn4)cc3)nn2)cc1. The Morgan fingerprint density at radius 1 is 0.500 bits per heavy atom. The Kier molecular flexibility index (Phi) is 4.88. The van der Waals surface area contributed by atoms with Gasteiger partial charge in [-0.3, -0.25) is 0 Å². The molecule has 0 aliphatic rings. The summed E-state index contributed by atoms with van der Waals surface area (Å²) >= 11 is 0. The van der Waals surface area contributed by atoms with Crippen LogP contribution in [0.4, 0.5) is 0 Å². The Hall–Kier alpha value is -4.06. The number of benzene rings is 3. The smallest absolute Gasteiger partial charge is 0.113 e. The van der Waals surface area contributed by atoms with E-state index in [0.717, 1.165) is 22.5 Å². The maximum Gasteiger partial charge on any atom is 0.113 e. The van der Waals surface area contributed by atoms with Crippen molar-refractivity contribution < 1.29 is 0 Å². The molecule has 0 saturated carbocycles. The summed E-state index contributed by atoms with van der Waals surface area (Å²) in [6.07, 6.45) is 3.94. The van der Waals surface area contributed by atoms with Gasteiger partial charge >= 0.3 is 0 Å². The van der Waals surface area contributed by atoms with Crippen molar-refractivity contribution in [2.45, 2.75) is 13.1 Å². The van der Waals surface area contributed by atoms with E-state index in [0.29, 0.717) is 13.1 Å². The van der Waals surface area contributed by atoms with Gasteiger partial charge < -0.3 is 0 Å². The van der Waals surface area contributed by atoms with Gasteiger partial charge in [-0.2, -0.15) is 0 Å². The summed E-state index contributed by atoms with van der Waals surface area (Å²) in [7, 11) is 0. The average molecular weight is 392 g/mol. The van der Waals surface area contributed by atoms with E-state index in [9.17, 15) is 0 Å². The highest BCUT2D eigenvalue weighted by molar-refractivity contribution is 5.65. The number of hydrogen-bond acceptors (Lipinski definition) is 4. The average Bonchev–Trinajstić information content (AvgIpc) is 3.45. The summed E-state index contributed by atoms with van der Waals surface area (Å²) < 4.78 is 3.71. The molecule has 146 valence electrons. The van der Waals surface area contributed by atoms with Crippen molar-refractivity contribution in [3.8, 4) is 22.5 Å². The molecule has 5 rings (SSSR count). The monoisotopic (exact) mass is 392 g/mol. The summed E-state index contributed by atoms with van der Waals surface area (Å²) in [6.45, 7) is 1.41. The minimum absolute atomic E-state index is 0.705. The Balaban J connectivity index is 1.29. The third kappa shape index (κ3) is 4.03. The molecule has 0 fully saturated rings. The normalized spacial score (nSPS) is 10.9. The van der Waals surface area contributed by atoms with Crippen LogP contribution in [-0.4, -0.2) is 30.0 Å². The van der Waals surface area contributed by atoms with E-state index in [1.54, 1.807) is 0 Å². The molecule has 2 aromatic heterocycles. The fourth-order valence-corrected chi connectivity index (χ4v) is 3.37. The first kappa shape index (κ1) is 18.0. The summed E-state index contributed by atoms with van der Waals surface area (Å²) in [6, 6.07) is 28.7. The molecule has 30 heavy (non-hydrogen) atoms. The highest BCUT2D eigenvalue weighted by Crippen LogP contribution is 2.22.